The molecule has 0 saturated heterocycles. The number of hydrogen-bond acceptors (Lipinski definition) is 3. The number of rotatable bonds is 3. The Hall–Kier alpha value is -2.82. The van der Waals surface area contributed by atoms with Crippen LogP contribution in [0.3, 0.4) is 0 Å². The molecule has 2 N–H and O–H groups in total. The Bertz CT molecular complexity index is 725. The van der Waals surface area contributed by atoms with E-state index in [9.17, 15) is 9.59 Å². The van der Waals surface area contributed by atoms with Crippen molar-refractivity contribution >= 4 is 23.2 Å². The Morgan fingerprint density at radius 2 is 1.65 bits per heavy atom. The summed E-state index contributed by atoms with van der Waals surface area (Å²) in [4.78, 5) is 23.4. The van der Waals surface area contributed by atoms with E-state index in [2.05, 4.69) is 10.6 Å². The number of carbonyl (C=O) groups excluding carboxylic acids is 2. The molecule has 2 aromatic carbocycles. The van der Waals surface area contributed by atoms with Gasteiger partial charge in [0, 0.05) is 18.3 Å². The second kappa shape index (κ2) is 6.52. The highest BCUT2D eigenvalue weighted by molar-refractivity contribution is 5.94. The highest BCUT2D eigenvalue weighted by Gasteiger charge is 2.25. The van der Waals surface area contributed by atoms with Crippen LogP contribution in [0, 0.1) is 5.92 Å². The monoisotopic (exact) mass is 310 g/mol. The van der Waals surface area contributed by atoms with Gasteiger partial charge in [-0.05, 0) is 42.3 Å². The van der Waals surface area contributed by atoms with Crippen molar-refractivity contribution in [3.8, 4) is 5.75 Å². The third kappa shape index (κ3) is 3.69. The van der Waals surface area contributed by atoms with Crippen LogP contribution in [0.4, 0.5) is 11.4 Å². The summed E-state index contributed by atoms with van der Waals surface area (Å²) in [7, 11) is 0. The largest absolute Gasteiger partial charge is 0.492 e. The van der Waals surface area contributed by atoms with Crippen LogP contribution >= 0.6 is 0 Å². The summed E-state index contributed by atoms with van der Waals surface area (Å²) in [5.41, 5.74) is 2.45. The van der Waals surface area contributed by atoms with Gasteiger partial charge in [-0.1, -0.05) is 18.2 Å². The third-order valence-electron chi connectivity index (χ3n) is 3.72. The van der Waals surface area contributed by atoms with Crippen molar-refractivity contribution in [2.24, 2.45) is 5.92 Å². The van der Waals surface area contributed by atoms with Gasteiger partial charge in [0.05, 0.1) is 5.92 Å². The number of anilines is 2. The van der Waals surface area contributed by atoms with Crippen LogP contribution in [-0.2, 0) is 16.0 Å². The first kappa shape index (κ1) is 15.1. The standard InChI is InChI=1S/C18H18N2O3/c1-12(21)19-15-6-8-16(9-7-15)20-18(22)14-10-13-4-2-3-5-17(13)23-11-14/h2-9,14H,10-11H2,1H3,(H,19,21)(H,20,22)/t14-/m1/s1. The molecule has 2 amide bonds. The molecule has 0 fully saturated rings. The van der Waals surface area contributed by atoms with Crippen molar-refractivity contribution < 1.29 is 14.3 Å². The fourth-order valence-corrected chi connectivity index (χ4v) is 2.58. The zero-order valence-electron chi connectivity index (χ0n) is 12.8. The van der Waals surface area contributed by atoms with E-state index in [0.29, 0.717) is 24.4 Å². The molecule has 0 bridgehead atoms. The Labute approximate surface area is 134 Å². The molecular weight excluding hydrogens is 292 g/mol. The highest BCUT2D eigenvalue weighted by Crippen LogP contribution is 2.27. The summed E-state index contributed by atoms with van der Waals surface area (Å²) in [5, 5.41) is 5.58. The molecule has 3 rings (SSSR count). The second-order valence-electron chi connectivity index (χ2n) is 5.57. The normalized spacial score (nSPS) is 16.0. The minimum absolute atomic E-state index is 0.0632. The predicted octanol–water partition coefficient (Wildman–Crippen LogP) is 2.83. The molecule has 0 spiro atoms. The lowest BCUT2D eigenvalue weighted by Gasteiger charge is -2.24. The predicted molar refractivity (Wildman–Crippen MR) is 88.5 cm³/mol. The lowest BCUT2D eigenvalue weighted by Crippen LogP contribution is -2.32. The molecule has 1 aliphatic rings. The minimum Gasteiger partial charge on any atom is -0.492 e. The van der Waals surface area contributed by atoms with Gasteiger partial charge in [-0.25, -0.2) is 0 Å². The summed E-state index contributed by atoms with van der Waals surface area (Å²) in [6.07, 6.45) is 0.673. The van der Waals surface area contributed by atoms with Crippen LogP contribution < -0.4 is 15.4 Å². The minimum atomic E-state index is -0.208. The van der Waals surface area contributed by atoms with E-state index in [1.807, 2.05) is 24.3 Å². The van der Waals surface area contributed by atoms with Crippen LogP contribution in [0.2, 0.25) is 0 Å². The number of para-hydroxylation sites is 1. The van der Waals surface area contributed by atoms with Gasteiger partial charge in [0.1, 0.15) is 12.4 Å². The van der Waals surface area contributed by atoms with Crippen molar-refractivity contribution in [1.82, 2.24) is 0 Å². The van der Waals surface area contributed by atoms with Crippen molar-refractivity contribution in [2.45, 2.75) is 13.3 Å². The van der Waals surface area contributed by atoms with E-state index in [0.717, 1.165) is 11.3 Å². The van der Waals surface area contributed by atoms with Gasteiger partial charge in [-0.2, -0.15) is 0 Å². The third-order valence-corrected chi connectivity index (χ3v) is 3.72. The molecule has 0 radical (unpaired) electrons. The molecule has 0 aliphatic carbocycles. The first-order valence-electron chi connectivity index (χ1n) is 7.51. The van der Waals surface area contributed by atoms with Gasteiger partial charge in [0.2, 0.25) is 11.8 Å². The van der Waals surface area contributed by atoms with Crippen molar-refractivity contribution in [2.75, 3.05) is 17.2 Å². The maximum atomic E-state index is 12.4. The van der Waals surface area contributed by atoms with E-state index >= 15 is 0 Å². The molecule has 2 aromatic rings. The topological polar surface area (TPSA) is 67.4 Å². The van der Waals surface area contributed by atoms with Gasteiger partial charge in [-0.15, -0.1) is 0 Å². The summed E-state index contributed by atoms with van der Waals surface area (Å²) in [5.74, 6) is 0.461. The number of fused-ring (bicyclic) bond motifs is 1. The Morgan fingerprint density at radius 1 is 1.00 bits per heavy atom. The van der Waals surface area contributed by atoms with Gasteiger partial charge in [0.15, 0.2) is 0 Å². The molecule has 1 heterocycles. The van der Waals surface area contributed by atoms with E-state index in [-0.39, 0.29) is 17.7 Å². The van der Waals surface area contributed by atoms with Crippen LogP contribution in [0.15, 0.2) is 48.5 Å². The molecule has 0 saturated carbocycles. The van der Waals surface area contributed by atoms with E-state index in [1.165, 1.54) is 6.92 Å². The average molecular weight is 310 g/mol. The SMILES string of the molecule is CC(=O)Nc1ccc(NC(=O)[C@H]2COc3ccccc3C2)cc1. The molecule has 0 aromatic heterocycles. The van der Waals surface area contributed by atoms with E-state index in [4.69, 9.17) is 4.74 Å². The van der Waals surface area contributed by atoms with Crippen LogP contribution in [0.25, 0.3) is 0 Å². The Balaban J connectivity index is 1.62. The summed E-state index contributed by atoms with van der Waals surface area (Å²) < 4.78 is 5.65. The fourth-order valence-electron chi connectivity index (χ4n) is 2.58. The molecule has 5 heteroatoms. The Morgan fingerprint density at radius 3 is 2.35 bits per heavy atom. The second-order valence-corrected chi connectivity index (χ2v) is 5.57. The van der Waals surface area contributed by atoms with Crippen molar-refractivity contribution in [3.05, 3.63) is 54.1 Å². The molecular formula is C18H18N2O3. The lowest BCUT2D eigenvalue weighted by molar-refractivity contribution is -0.121. The number of carbonyl (C=O) groups is 2. The van der Waals surface area contributed by atoms with Gasteiger partial charge in [-0.3, -0.25) is 9.59 Å². The highest BCUT2D eigenvalue weighted by atomic mass is 16.5. The molecule has 23 heavy (non-hydrogen) atoms. The van der Waals surface area contributed by atoms with Crippen LogP contribution in [0.5, 0.6) is 5.75 Å². The first-order valence-corrected chi connectivity index (χ1v) is 7.51. The van der Waals surface area contributed by atoms with Gasteiger partial charge in [0.25, 0.3) is 0 Å². The fraction of sp³-hybridized carbons (Fsp3) is 0.222. The zero-order valence-corrected chi connectivity index (χ0v) is 12.8. The molecule has 5 nitrogen and oxygen atoms in total. The average Bonchev–Trinajstić information content (AvgIpc) is 2.55. The quantitative estimate of drug-likeness (QED) is 0.916. The molecule has 0 unspecified atom stereocenters. The number of benzene rings is 2. The maximum absolute atomic E-state index is 12.4. The summed E-state index contributed by atoms with van der Waals surface area (Å²) >= 11 is 0. The summed E-state index contributed by atoms with van der Waals surface area (Å²) in [6.45, 7) is 1.84. The lowest BCUT2D eigenvalue weighted by atomic mass is 9.96. The van der Waals surface area contributed by atoms with Crippen LogP contribution in [0.1, 0.15) is 12.5 Å². The van der Waals surface area contributed by atoms with Crippen molar-refractivity contribution in [1.29, 1.82) is 0 Å². The number of ether oxygens (including phenoxy) is 1. The number of nitrogens with one attached hydrogen (secondary N) is 2. The Kier molecular flexibility index (Phi) is 4.28. The van der Waals surface area contributed by atoms with E-state index < -0.39 is 0 Å². The number of hydrogen-bond donors (Lipinski definition) is 2. The van der Waals surface area contributed by atoms with Gasteiger partial charge >= 0.3 is 0 Å². The molecule has 118 valence electrons. The molecule has 1 atom stereocenters. The van der Waals surface area contributed by atoms with Crippen LogP contribution in [-0.4, -0.2) is 18.4 Å². The smallest absolute Gasteiger partial charge is 0.231 e. The maximum Gasteiger partial charge on any atom is 0.231 e. The number of amides is 2. The van der Waals surface area contributed by atoms with Crippen molar-refractivity contribution in [3.63, 3.8) is 0 Å². The summed E-state index contributed by atoms with van der Waals surface area (Å²) in [6, 6.07) is 14.8. The molecule has 1 aliphatic heterocycles. The zero-order chi connectivity index (χ0) is 16.2. The first-order chi connectivity index (χ1) is 11.1. The van der Waals surface area contributed by atoms with Gasteiger partial charge < -0.3 is 15.4 Å². The van der Waals surface area contributed by atoms with E-state index in [1.54, 1.807) is 24.3 Å².